The van der Waals surface area contributed by atoms with Crippen LogP contribution in [0.4, 0.5) is 0 Å². The van der Waals surface area contributed by atoms with Crippen LogP contribution in [0.1, 0.15) is 290 Å². The highest BCUT2D eigenvalue weighted by atomic mass is 16.6. The van der Waals surface area contributed by atoms with E-state index in [0.29, 0.717) is 19.3 Å². The van der Waals surface area contributed by atoms with Crippen molar-refractivity contribution in [1.29, 1.82) is 0 Å². The first-order valence-corrected chi connectivity index (χ1v) is 29.5. The van der Waals surface area contributed by atoms with Crippen molar-refractivity contribution in [2.24, 2.45) is 0 Å². The van der Waals surface area contributed by atoms with Gasteiger partial charge in [-0.15, -0.1) is 0 Å². The van der Waals surface area contributed by atoms with Gasteiger partial charge in [0.2, 0.25) is 0 Å². The minimum absolute atomic E-state index is 0.0874. The maximum absolute atomic E-state index is 12.9. The summed E-state index contributed by atoms with van der Waals surface area (Å²) in [6, 6.07) is 0. The third kappa shape index (κ3) is 55.6. The second-order valence-corrected chi connectivity index (χ2v) is 19.7. The van der Waals surface area contributed by atoms with Crippen molar-refractivity contribution in [2.75, 3.05) is 13.2 Å². The van der Waals surface area contributed by atoms with Gasteiger partial charge in [-0.2, -0.15) is 0 Å². The number of unbranched alkanes of at least 4 members (excludes halogenated alkanes) is 34. The molecule has 0 saturated carbocycles. The van der Waals surface area contributed by atoms with Crippen molar-refractivity contribution in [3.8, 4) is 0 Å². The summed E-state index contributed by atoms with van der Waals surface area (Å²) in [6.07, 6.45) is 73.1. The Balaban J connectivity index is 4.43. The summed E-state index contributed by atoms with van der Waals surface area (Å²) in [7, 11) is 0. The molecule has 0 rings (SSSR count). The van der Waals surface area contributed by atoms with Gasteiger partial charge in [0.05, 0.1) is 0 Å². The molecule has 0 aliphatic carbocycles. The molecule has 6 nitrogen and oxygen atoms in total. The topological polar surface area (TPSA) is 78.9 Å². The largest absolute Gasteiger partial charge is 0.462 e. The zero-order chi connectivity index (χ0) is 50.0. The van der Waals surface area contributed by atoms with E-state index < -0.39 is 6.10 Å². The molecule has 1 unspecified atom stereocenters. The van der Waals surface area contributed by atoms with Crippen LogP contribution in [-0.2, 0) is 28.6 Å². The average Bonchev–Trinajstić information content (AvgIpc) is 3.35. The van der Waals surface area contributed by atoms with Crippen LogP contribution in [0.25, 0.3) is 0 Å². The Morgan fingerprint density at radius 3 is 0.855 bits per heavy atom. The number of ether oxygens (including phenoxy) is 3. The molecule has 0 spiro atoms. The van der Waals surface area contributed by atoms with Gasteiger partial charge >= 0.3 is 17.9 Å². The summed E-state index contributed by atoms with van der Waals surface area (Å²) >= 11 is 0. The maximum atomic E-state index is 12.9. The number of hydrogen-bond donors (Lipinski definition) is 0. The van der Waals surface area contributed by atoms with E-state index in [1.54, 1.807) is 0 Å². The first-order chi connectivity index (χ1) is 34.0. The molecule has 0 amide bonds. The lowest BCUT2D eigenvalue weighted by Crippen LogP contribution is -2.30. The third-order valence-electron chi connectivity index (χ3n) is 12.8. The van der Waals surface area contributed by atoms with Crippen molar-refractivity contribution in [2.45, 2.75) is 297 Å². The molecule has 0 aliphatic rings. The first kappa shape index (κ1) is 65.8. The highest BCUT2D eigenvalue weighted by Crippen LogP contribution is 2.16. The Kier molecular flexibility index (Phi) is 54.8. The Labute approximate surface area is 427 Å². The smallest absolute Gasteiger partial charge is 0.306 e. The summed E-state index contributed by atoms with van der Waals surface area (Å²) in [6.45, 7) is 6.57. The number of rotatable bonds is 53. The lowest BCUT2D eigenvalue weighted by atomic mass is 10.0. The summed E-state index contributed by atoms with van der Waals surface area (Å²) < 4.78 is 16.9. The summed E-state index contributed by atoms with van der Waals surface area (Å²) in [5, 5.41) is 0. The summed E-state index contributed by atoms with van der Waals surface area (Å²) in [4.78, 5) is 38.2. The number of allylic oxidation sites excluding steroid dienone is 12. The fourth-order valence-corrected chi connectivity index (χ4v) is 8.33. The second-order valence-electron chi connectivity index (χ2n) is 19.7. The molecule has 0 heterocycles. The van der Waals surface area contributed by atoms with E-state index in [0.717, 1.165) is 89.9 Å². The van der Waals surface area contributed by atoms with Crippen LogP contribution in [0.15, 0.2) is 72.9 Å². The Hall–Kier alpha value is -3.15. The van der Waals surface area contributed by atoms with Crippen LogP contribution in [0.3, 0.4) is 0 Å². The summed E-state index contributed by atoms with van der Waals surface area (Å²) in [5.41, 5.74) is 0. The Bertz CT molecular complexity index is 1290. The van der Waals surface area contributed by atoms with E-state index in [1.807, 2.05) is 0 Å². The van der Waals surface area contributed by atoms with Crippen molar-refractivity contribution < 1.29 is 28.6 Å². The molecule has 6 heteroatoms. The van der Waals surface area contributed by atoms with Crippen molar-refractivity contribution in [3.05, 3.63) is 72.9 Å². The first-order valence-electron chi connectivity index (χ1n) is 29.5. The van der Waals surface area contributed by atoms with Crippen LogP contribution in [0.2, 0.25) is 0 Å². The minimum atomic E-state index is -0.789. The number of carbonyl (C=O) groups is 3. The van der Waals surface area contributed by atoms with Crippen molar-refractivity contribution in [3.63, 3.8) is 0 Å². The second kappa shape index (κ2) is 57.4. The molecule has 0 aromatic rings. The molecule has 0 saturated heterocycles. The molecular weight excluding hydrogens is 853 g/mol. The zero-order valence-electron chi connectivity index (χ0n) is 45.6. The lowest BCUT2D eigenvalue weighted by Gasteiger charge is -2.18. The zero-order valence-corrected chi connectivity index (χ0v) is 45.6. The number of carbonyl (C=O) groups excluding carboxylic acids is 3. The fourth-order valence-electron chi connectivity index (χ4n) is 8.33. The van der Waals surface area contributed by atoms with Gasteiger partial charge in [0, 0.05) is 19.3 Å². The molecule has 0 bridgehead atoms. The lowest BCUT2D eigenvalue weighted by molar-refractivity contribution is -0.167. The average molecular weight is 964 g/mol. The van der Waals surface area contributed by atoms with Gasteiger partial charge in [-0.1, -0.05) is 273 Å². The van der Waals surface area contributed by atoms with Crippen LogP contribution in [0.5, 0.6) is 0 Å². The molecule has 0 aromatic carbocycles. The van der Waals surface area contributed by atoms with Gasteiger partial charge in [0.25, 0.3) is 0 Å². The van der Waals surface area contributed by atoms with Crippen LogP contribution in [0, 0.1) is 0 Å². The van der Waals surface area contributed by atoms with E-state index in [2.05, 4.69) is 93.7 Å². The normalized spacial score (nSPS) is 12.6. The predicted molar refractivity (Wildman–Crippen MR) is 298 cm³/mol. The highest BCUT2D eigenvalue weighted by molar-refractivity contribution is 5.71. The molecule has 0 aliphatic heterocycles. The highest BCUT2D eigenvalue weighted by Gasteiger charge is 2.19. The molecular formula is C63H110O6. The molecule has 69 heavy (non-hydrogen) atoms. The molecule has 0 radical (unpaired) electrons. The molecule has 0 fully saturated rings. The van der Waals surface area contributed by atoms with Gasteiger partial charge in [-0.05, 0) is 70.6 Å². The SMILES string of the molecule is CCCCC\C=C/C=C\C=C/C=C\CCCCCCCC(=O)OCC(COC(=O)CCCCCCCC/C=C\C=C/CCCCC)OC(=O)CCCCCCCCCCCCCCCCCCCC. The van der Waals surface area contributed by atoms with Crippen molar-refractivity contribution in [1.82, 2.24) is 0 Å². The Morgan fingerprint density at radius 2 is 0.522 bits per heavy atom. The predicted octanol–water partition coefficient (Wildman–Crippen LogP) is 19.8. The van der Waals surface area contributed by atoms with Gasteiger partial charge in [0.1, 0.15) is 13.2 Å². The van der Waals surface area contributed by atoms with Crippen molar-refractivity contribution >= 4 is 17.9 Å². The number of hydrogen-bond acceptors (Lipinski definition) is 6. The van der Waals surface area contributed by atoms with Crippen LogP contribution in [-0.4, -0.2) is 37.2 Å². The van der Waals surface area contributed by atoms with Crippen LogP contribution >= 0.6 is 0 Å². The number of esters is 3. The molecule has 1 atom stereocenters. The Morgan fingerprint density at radius 1 is 0.290 bits per heavy atom. The monoisotopic (exact) mass is 963 g/mol. The quantitative estimate of drug-likeness (QED) is 0.0262. The maximum Gasteiger partial charge on any atom is 0.306 e. The fraction of sp³-hybridized carbons (Fsp3) is 0.762. The van der Waals surface area contributed by atoms with E-state index in [-0.39, 0.29) is 31.1 Å². The van der Waals surface area contributed by atoms with Gasteiger partial charge in [0.15, 0.2) is 6.10 Å². The third-order valence-corrected chi connectivity index (χ3v) is 12.8. The molecule has 0 aromatic heterocycles. The van der Waals surface area contributed by atoms with E-state index in [4.69, 9.17) is 14.2 Å². The van der Waals surface area contributed by atoms with Gasteiger partial charge < -0.3 is 14.2 Å². The van der Waals surface area contributed by atoms with E-state index in [1.165, 1.54) is 161 Å². The van der Waals surface area contributed by atoms with E-state index >= 15 is 0 Å². The van der Waals surface area contributed by atoms with E-state index in [9.17, 15) is 14.4 Å². The standard InChI is InChI=1S/C63H110O6/c1-4-7-10-13-16-19-22-25-28-30-32-35-38-41-44-47-50-53-56-62(65)68-59-60(58-67-61(64)55-52-49-46-43-40-37-34-27-24-21-18-15-12-9-6-3)69-63(66)57-54-51-48-45-42-39-36-33-31-29-26-23-20-17-14-11-8-5-2/h16,18-19,21-22,24-25,27-28,30,32,35,60H,4-15,17,20,23,26,29,31,33-34,36-59H2,1-3H3/b19-16-,21-18-,25-22-,27-24-,30-28-,35-32-. The molecule has 398 valence electrons. The van der Waals surface area contributed by atoms with Crippen LogP contribution < -0.4 is 0 Å². The van der Waals surface area contributed by atoms with Gasteiger partial charge in [-0.3, -0.25) is 14.4 Å². The molecule has 0 N–H and O–H groups in total. The minimum Gasteiger partial charge on any atom is -0.462 e. The van der Waals surface area contributed by atoms with Gasteiger partial charge in [-0.25, -0.2) is 0 Å². The summed E-state index contributed by atoms with van der Waals surface area (Å²) in [5.74, 6) is -0.909.